The van der Waals surface area contributed by atoms with Crippen LogP contribution in [0.3, 0.4) is 0 Å². The molecule has 0 atom stereocenters. The number of nitrogens with two attached hydrogens (primary N) is 1. The second kappa shape index (κ2) is 3.74. The van der Waals surface area contributed by atoms with Crippen molar-refractivity contribution in [1.82, 2.24) is 5.01 Å². The minimum atomic E-state index is -0.925. The van der Waals surface area contributed by atoms with Gasteiger partial charge in [0.25, 0.3) is 0 Å². The number of amidine groups is 1. The van der Waals surface area contributed by atoms with E-state index in [9.17, 15) is 8.78 Å². The van der Waals surface area contributed by atoms with Crippen LogP contribution in [0.25, 0.3) is 0 Å². The fraction of sp³-hybridized carbons (Fsp3) is 0.111. The van der Waals surface area contributed by atoms with Gasteiger partial charge < -0.3 is 0 Å². The van der Waals surface area contributed by atoms with Crippen LogP contribution in [-0.2, 0) is 0 Å². The van der Waals surface area contributed by atoms with Gasteiger partial charge in [0.1, 0.15) is 13.0 Å². The highest BCUT2D eigenvalue weighted by molar-refractivity contribution is 6.02. The van der Waals surface area contributed by atoms with Crippen LogP contribution in [0.1, 0.15) is 5.56 Å². The van der Waals surface area contributed by atoms with Crippen molar-refractivity contribution in [1.29, 1.82) is 0 Å². The lowest BCUT2D eigenvalue weighted by Gasteiger charge is -2.20. The van der Waals surface area contributed by atoms with Crippen LogP contribution < -0.4 is 5.84 Å². The highest BCUT2D eigenvalue weighted by atomic mass is 19.2. The molecule has 78 valence electrons. The first-order chi connectivity index (χ1) is 7.18. The fourth-order valence-corrected chi connectivity index (χ4v) is 1.24. The first-order valence-corrected chi connectivity index (χ1v) is 4.22. The van der Waals surface area contributed by atoms with E-state index in [4.69, 9.17) is 5.84 Å². The van der Waals surface area contributed by atoms with E-state index in [-0.39, 0.29) is 6.67 Å². The Bertz CT molecular complexity index is 442. The first kappa shape index (κ1) is 9.72. The normalized spacial score (nSPS) is 15.4. The zero-order chi connectivity index (χ0) is 10.8. The van der Waals surface area contributed by atoms with Crippen molar-refractivity contribution in [2.75, 3.05) is 6.67 Å². The Morgan fingerprint density at radius 1 is 1.27 bits per heavy atom. The summed E-state index contributed by atoms with van der Waals surface area (Å²) in [6, 6.07) is 3.50. The molecule has 0 bridgehead atoms. The SMILES string of the molecule is NN1CN=CN=C1c1ccc(F)c(F)c1. The molecule has 4 nitrogen and oxygen atoms in total. The number of nitrogens with zero attached hydrogens (tertiary/aromatic N) is 3. The molecule has 0 fully saturated rings. The molecule has 0 saturated carbocycles. The van der Waals surface area contributed by atoms with Gasteiger partial charge in [-0.15, -0.1) is 0 Å². The molecule has 0 amide bonds. The molecule has 1 aromatic rings. The van der Waals surface area contributed by atoms with Crippen LogP contribution in [0.15, 0.2) is 28.2 Å². The van der Waals surface area contributed by atoms with Crippen LogP contribution in [-0.4, -0.2) is 23.9 Å². The van der Waals surface area contributed by atoms with E-state index in [0.29, 0.717) is 11.4 Å². The summed E-state index contributed by atoms with van der Waals surface area (Å²) in [5, 5.41) is 1.26. The van der Waals surface area contributed by atoms with E-state index in [1.54, 1.807) is 0 Å². The smallest absolute Gasteiger partial charge is 0.159 e. The Kier molecular flexibility index (Phi) is 2.42. The maximum Gasteiger partial charge on any atom is 0.159 e. The molecule has 2 rings (SSSR count). The van der Waals surface area contributed by atoms with Crippen molar-refractivity contribution in [2.24, 2.45) is 15.8 Å². The highest BCUT2D eigenvalue weighted by Crippen LogP contribution is 2.11. The number of rotatable bonds is 1. The van der Waals surface area contributed by atoms with Gasteiger partial charge in [-0.05, 0) is 18.2 Å². The summed E-state index contributed by atoms with van der Waals surface area (Å²) in [7, 11) is 0. The molecule has 0 saturated heterocycles. The Morgan fingerprint density at radius 2 is 2.07 bits per heavy atom. The Morgan fingerprint density at radius 3 is 2.73 bits per heavy atom. The van der Waals surface area contributed by atoms with E-state index >= 15 is 0 Å². The van der Waals surface area contributed by atoms with Gasteiger partial charge in [0.05, 0.1) is 0 Å². The monoisotopic (exact) mass is 210 g/mol. The lowest BCUT2D eigenvalue weighted by atomic mass is 10.2. The van der Waals surface area contributed by atoms with Crippen molar-refractivity contribution >= 4 is 12.2 Å². The Balaban J connectivity index is 2.41. The topological polar surface area (TPSA) is 54.0 Å². The molecule has 0 unspecified atom stereocenters. The van der Waals surface area contributed by atoms with Gasteiger partial charge in [0.15, 0.2) is 17.5 Å². The Hall–Kier alpha value is -1.82. The molecule has 1 aliphatic rings. The number of hydrogen-bond donors (Lipinski definition) is 1. The summed E-state index contributed by atoms with van der Waals surface area (Å²) in [6.07, 6.45) is 1.33. The van der Waals surface area contributed by atoms with Crippen molar-refractivity contribution in [3.8, 4) is 0 Å². The third-order valence-corrected chi connectivity index (χ3v) is 1.95. The number of benzene rings is 1. The number of hydrazine groups is 1. The lowest BCUT2D eigenvalue weighted by molar-refractivity contribution is 0.451. The average molecular weight is 210 g/mol. The molecule has 1 heterocycles. The first-order valence-electron chi connectivity index (χ1n) is 4.22. The van der Waals surface area contributed by atoms with E-state index in [1.165, 1.54) is 17.4 Å². The predicted molar refractivity (Wildman–Crippen MR) is 52.3 cm³/mol. The third kappa shape index (κ3) is 1.84. The quantitative estimate of drug-likeness (QED) is 0.700. The summed E-state index contributed by atoms with van der Waals surface area (Å²) < 4.78 is 25.6. The van der Waals surface area contributed by atoms with Gasteiger partial charge in [0, 0.05) is 5.56 Å². The molecule has 0 aliphatic carbocycles. The van der Waals surface area contributed by atoms with Gasteiger partial charge in [-0.1, -0.05) is 0 Å². The highest BCUT2D eigenvalue weighted by Gasteiger charge is 2.13. The van der Waals surface area contributed by atoms with E-state index in [0.717, 1.165) is 12.1 Å². The van der Waals surface area contributed by atoms with E-state index in [1.807, 2.05) is 0 Å². The second-order valence-corrected chi connectivity index (χ2v) is 2.99. The van der Waals surface area contributed by atoms with Crippen LogP contribution in [0.2, 0.25) is 0 Å². The van der Waals surface area contributed by atoms with Crippen LogP contribution >= 0.6 is 0 Å². The summed E-state index contributed by atoms with van der Waals surface area (Å²) in [6.45, 7) is 0.248. The van der Waals surface area contributed by atoms with Gasteiger partial charge >= 0.3 is 0 Å². The molecular formula is C9H8F2N4. The number of halogens is 2. The van der Waals surface area contributed by atoms with Crippen molar-refractivity contribution in [3.05, 3.63) is 35.4 Å². The summed E-state index contributed by atoms with van der Waals surface area (Å²) in [4.78, 5) is 7.68. The summed E-state index contributed by atoms with van der Waals surface area (Å²) >= 11 is 0. The van der Waals surface area contributed by atoms with Gasteiger partial charge in [-0.2, -0.15) is 0 Å². The Labute approximate surface area is 84.7 Å². The summed E-state index contributed by atoms with van der Waals surface area (Å²) in [5.41, 5.74) is 0.419. The largest absolute Gasteiger partial charge is 0.272 e. The average Bonchev–Trinajstić information content (AvgIpc) is 2.23. The molecule has 0 aromatic heterocycles. The summed E-state index contributed by atoms with van der Waals surface area (Å²) in [5.74, 6) is 4.12. The van der Waals surface area contributed by atoms with Crippen molar-refractivity contribution in [3.63, 3.8) is 0 Å². The fourth-order valence-electron chi connectivity index (χ4n) is 1.24. The second-order valence-electron chi connectivity index (χ2n) is 2.99. The molecule has 2 N–H and O–H groups in total. The van der Waals surface area contributed by atoms with Crippen molar-refractivity contribution < 1.29 is 8.78 Å². The number of hydrogen-bond acceptors (Lipinski definition) is 4. The van der Waals surface area contributed by atoms with Crippen LogP contribution in [0, 0.1) is 11.6 Å². The molecule has 6 heteroatoms. The maximum atomic E-state index is 12.9. The van der Waals surface area contributed by atoms with E-state index < -0.39 is 11.6 Å². The molecule has 0 spiro atoms. The molecule has 1 aliphatic heterocycles. The van der Waals surface area contributed by atoms with Gasteiger partial charge in [0.2, 0.25) is 0 Å². The van der Waals surface area contributed by atoms with E-state index in [2.05, 4.69) is 9.98 Å². The lowest BCUT2D eigenvalue weighted by Crippen LogP contribution is -2.40. The van der Waals surface area contributed by atoms with Crippen LogP contribution in [0.5, 0.6) is 0 Å². The molecule has 1 aromatic carbocycles. The molecule has 15 heavy (non-hydrogen) atoms. The molecule has 0 radical (unpaired) electrons. The third-order valence-electron chi connectivity index (χ3n) is 1.95. The predicted octanol–water partition coefficient (Wildman–Crippen LogP) is 0.887. The maximum absolute atomic E-state index is 12.9. The molecular weight excluding hydrogens is 202 g/mol. The zero-order valence-electron chi connectivity index (χ0n) is 7.69. The standard InChI is InChI=1S/C9H8F2N4/c10-7-2-1-6(3-8(7)11)9-14-4-13-5-15(9)12/h1-4H,5,12H2. The van der Waals surface area contributed by atoms with Crippen molar-refractivity contribution in [2.45, 2.75) is 0 Å². The van der Waals surface area contributed by atoms with Crippen LogP contribution in [0.4, 0.5) is 8.78 Å². The minimum absolute atomic E-state index is 0.248. The van der Waals surface area contributed by atoms with Gasteiger partial charge in [-0.25, -0.2) is 19.6 Å². The minimum Gasteiger partial charge on any atom is -0.272 e. The van der Waals surface area contributed by atoms with Gasteiger partial charge in [-0.3, -0.25) is 10.0 Å². The zero-order valence-corrected chi connectivity index (χ0v) is 7.69. The number of aliphatic imine (C=N–C) groups is 2.